The topological polar surface area (TPSA) is 68.4 Å². The first-order valence-corrected chi connectivity index (χ1v) is 6.67. The molecular formula is C13H18N4O2. The lowest BCUT2D eigenvalue weighted by molar-refractivity contribution is 0.0501. The molecule has 0 atom stereocenters. The summed E-state index contributed by atoms with van der Waals surface area (Å²) in [4.78, 5) is 30.1. The zero-order chi connectivity index (χ0) is 13.2. The quantitative estimate of drug-likeness (QED) is 0.725. The van der Waals surface area contributed by atoms with Crippen molar-refractivity contribution < 1.29 is 4.79 Å². The van der Waals surface area contributed by atoms with Crippen LogP contribution in [0.2, 0.25) is 0 Å². The van der Waals surface area contributed by atoms with Gasteiger partial charge >= 0.3 is 0 Å². The molecule has 1 aromatic rings. The first kappa shape index (κ1) is 12.4. The van der Waals surface area contributed by atoms with Crippen molar-refractivity contribution in [2.75, 3.05) is 39.3 Å². The predicted octanol–water partition coefficient (Wildman–Crippen LogP) is -0.895. The van der Waals surface area contributed by atoms with Gasteiger partial charge in [0.05, 0.1) is 5.56 Å². The first-order valence-electron chi connectivity index (χ1n) is 6.67. The van der Waals surface area contributed by atoms with E-state index in [-0.39, 0.29) is 11.5 Å². The summed E-state index contributed by atoms with van der Waals surface area (Å²) in [5.41, 5.74) is 0.372. The van der Waals surface area contributed by atoms with Crippen LogP contribution < -0.4 is 10.9 Å². The SMILES string of the molecule is O=C(c1ccc(=O)[nH]c1)N1CCN(C2CNC2)CC1. The highest BCUT2D eigenvalue weighted by molar-refractivity contribution is 5.93. The van der Waals surface area contributed by atoms with Gasteiger partial charge in [0, 0.05) is 57.6 Å². The van der Waals surface area contributed by atoms with Crippen LogP contribution in [0.15, 0.2) is 23.1 Å². The molecule has 0 bridgehead atoms. The molecule has 6 nitrogen and oxygen atoms in total. The lowest BCUT2D eigenvalue weighted by Gasteiger charge is -2.43. The third-order valence-electron chi connectivity index (χ3n) is 3.91. The van der Waals surface area contributed by atoms with Crippen molar-refractivity contribution in [3.63, 3.8) is 0 Å². The van der Waals surface area contributed by atoms with E-state index in [2.05, 4.69) is 15.2 Å². The van der Waals surface area contributed by atoms with Crippen LogP contribution in [0.3, 0.4) is 0 Å². The predicted molar refractivity (Wildman–Crippen MR) is 71.2 cm³/mol. The summed E-state index contributed by atoms with van der Waals surface area (Å²) in [6.45, 7) is 5.51. The second-order valence-corrected chi connectivity index (χ2v) is 5.08. The van der Waals surface area contributed by atoms with E-state index in [1.807, 2.05) is 4.90 Å². The van der Waals surface area contributed by atoms with Gasteiger partial charge in [-0.25, -0.2) is 0 Å². The lowest BCUT2D eigenvalue weighted by atomic mass is 10.1. The van der Waals surface area contributed by atoms with E-state index in [9.17, 15) is 9.59 Å². The molecule has 3 heterocycles. The van der Waals surface area contributed by atoms with E-state index in [0.717, 1.165) is 39.3 Å². The summed E-state index contributed by atoms with van der Waals surface area (Å²) >= 11 is 0. The molecule has 0 saturated carbocycles. The molecule has 0 radical (unpaired) electrons. The maximum absolute atomic E-state index is 12.2. The molecule has 102 valence electrons. The Kier molecular flexibility index (Phi) is 3.35. The highest BCUT2D eigenvalue weighted by atomic mass is 16.2. The number of aromatic amines is 1. The molecule has 3 rings (SSSR count). The minimum atomic E-state index is -0.182. The Balaban J connectivity index is 1.59. The molecular weight excluding hydrogens is 244 g/mol. The van der Waals surface area contributed by atoms with Gasteiger partial charge in [-0.15, -0.1) is 0 Å². The number of hydrogen-bond acceptors (Lipinski definition) is 4. The minimum Gasteiger partial charge on any atom is -0.336 e. The third-order valence-corrected chi connectivity index (χ3v) is 3.91. The van der Waals surface area contributed by atoms with Gasteiger partial charge < -0.3 is 15.2 Å². The number of pyridine rings is 1. The number of nitrogens with zero attached hydrogens (tertiary/aromatic N) is 2. The van der Waals surface area contributed by atoms with Gasteiger partial charge in [0.1, 0.15) is 0 Å². The fraction of sp³-hybridized carbons (Fsp3) is 0.538. The van der Waals surface area contributed by atoms with Gasteiger partial charge in [-0.1, -0.05) is 0 Å². The Hall–Kier alpha value is -1.66. The Morgan fingerprint density at radius 1 is 1.16 bits per heavy atom. The summed E-state index contributed by atoms with van der Waals surface area (Å²) in [7, 11) is 0. The first-order chi connectivity index (χ1) is 9.24. The number of amides is 1. The molecule has 0 spiro atoms. The highest BCUT2D eigenvalue weighted by Crippen LogP contribution is 2.11. The van der Waals surface area contributed by atoms with Crippen LogP contribution in [0, 0.1) is 0 Å². The zero-order valence-electron chi connectivity index (χ0n) is 10.8. The number of nitrogens with one attached hydrogen (secondary N) is 2. The third kappa shape index (κ3) is 2.54. The van der Waals surface area contributed by atoms with Crippen molar-refractivity contribution in [3.8, 4) is 0 Å². The normalized spacial score (nSPS) is 21.2. The summed E-state index contributed by atoms with van der Waals surface area (Å²) in [6.07, 6.45) is 1.49. The largest absolute Gasteiger partial charge is 0.336 e. The van der Waals surface area contributed by atoms with Gasteiger partial charge in [0.2, 0.25) is 5.56 Å². The summed E-state index contributed by atoms with van der Waals surface area (Å²) in [6, 6.07) is 3.62. The van der Waals surface area contributed by atoms with Gasteiger partial charge in [-0.2, -0.15) is 0 Å². The molecule has 19 heavy (non-hydrogen) atoms. The minimum absolute atomic E-state index is 0.00244. The zero-order valence-corrected chi connectivity index (χ0v) is 10.8. The molecule has 6 heteroatoms. The van der Waals surface area contributed by atoms with Crippen molar-refractivity contribution in [2.45, 2.75) is 6.04 Å². The van der Waals surface area contributed by atoms with Gasteiger partial charge in [-0.3, -0.25) is 14.5 Å². The number of carbonyl (C=O) groups excluding carboxylic acids is 1. The Bertz CT molecular complexity index is 495. The number of hydrogen-bond donors (Lipinski definition) is 2. The van der Waals surface area contributed by atoms with E-state index >= 15 is 0 Å². The number of carbonyl (C=O) groups is 1. The molecule has 2 aliphatic rings. The van der Waals surface area contributed by atoms with E-state index in [0.29, 0.717) is 11.6 Å². The van der Waals surface area contributed by atoms with Crippen molar-refractivity contribution in [1.82, 2.24) is 20.1 Å². The maximum Gasteiger partial charge on any atom is 0.255 e. The standard InChI is InChI=1S/C13H18N4O2/c18-12-2-1-10(7-15-12)13(19)17-5-3-16(4-6-17)11-8-14-9-11/h1-2,7,11,14H,3-6,8-9H2,(H,15,18). The smallest absolute Gasteiger partial charge is 0.255 e. The second-order valence-electron chi connectivity index (χ2n) is 5.08. The molecule has 2 N–H and O–H groups in total. The van der Waals surface area contributed by atoms with Crippen LogP contribution in [0.25, 0.3) is 0 Å². The van der Waals surface area contributed by atoms with E-state index in [1.165, 1.54) is 12.3 Å². The van der Waals surface area contributed by atoms with Crippen LogP contribution in [-0.2, 0) is 0 Å². The number of aromatic nitrogens is 1. The Labute approximate surface area is 111 Å². The molecule has 2 saturated heterocycles. The van der Waals surface area contributed by atoms with E-state index < -0.39 is 0 Å². The molecule has 1 aromatic heterocycles. The van der Waals surface area contributed by atoms with E-state index in [4.69, 9.17) is 0 Å². The van der Waals surface area contributed by atoms with Crippen LogP contribution in [0.4, 0.5) is 0 Å². The van der Waals surface area contributed by atoms with Crippen molar-refractivity contribution in [1.29, 1.82) is 0 Å². The molecule has 0 aliphatic carbocycles. The van der Waals surface area contributed by atoms with Crippen LogP contribution in [0.1, 0.15) is 10.4 Å². The monoisotopic (exact) mass is 262 g/mol. The molecule has 0 unspecified atom stereocenters. The molecule has 2 aliphatic heterocycles. The highest BCUT2D eigenvalue weighted by Gasteiger charge is 2.29. The maximum atomic E-state index is 12.2. The molecule has 2 fully saturated rings. The second kappa shape index (κ2) is 5.14. The van der Waals surface area contributed by atoms with Gasteiger partial charge in [-0.05, 0) is 6.07 Å². The average Bonchev–Trinajstić information content (AvgIpc) is 2.38. The van der Waals surface area contributed by atoms with Crippen molar-refractivity contribution in [3.05, 3.63) is 34.2 Å². The average molecular weight is 262 g/mol. The van der Waals surface area contributed by atoms with Crippen LogP contribution >= 0.6 is 0 Å². The summed E-state index contributed by atoms with van der Waals surface area (Å²) < 4.78 is 0. The fourth-order valence-electron chi connectivity index (χ4n) is 2.55. The molecule has 1 amide bonds. The fourth-order valence-corrected chi connectivity index (χ4v) is 2.55. The Morgan fingerprint density at radius 3 is 2.42 bits per heavy atom. The Morgan fingerprint density at radius 2 is 1.89 bits per heavy atom. The van der Waals surface area contributed by atoms with Crippen LogP contribution in [-0.4, -0.2) is 66.0 Å². The van der Waals surface area contributed by atoms with Crippen LogP contribution in [0.5, 0.6) is 0 Å². The van der Waals surface area contributed by atoms with Gasteiger partial charge in [0.15, 0.2) is 0 Å². The van der Waals surface area contributed by atoms with E-state index in [1.54, 1.807) is 6.07 Å². The molecule has 0 aromatic carbocycles. The number of H-pyrrole nitrogens is 1. The van der Waals surface area contributed by atoms with Crippen molar-refractivity contribution in [2.24, 2.45) is 0 Å². The van der Waals surface area contributed by atoms with Crippen molar-refractivity contribution >= 4 is 5.91 Å². The van der Waals surface area contributed by atoms with Gasteiger partial charge in [0.25, 0.3) is 5.91 Å². The summed E-state index contributed by atoms with van der Waals surface area (Å²) in [5, 5.41) is 3.27. The lowest BCUT2D eigenvalue weighted by Crippen LogP contribution is -2.62. The number of piperazine rings is 1. The number of rotatable bonds is 2. The summed E-state index contributed by atoms with van der Waals surface area (Å²) in [5.74, 6) is 0.00244.